The standard InChI is InChI=1S/C43H72N14O18/c1-6-19(4)32(56-37(69)23(13-28(45)60)52-40(72)31(18(2)3)55-34(66)21(44)16-58)41(73)57-12-8-10-27(57)39(71)51-24(14-29(61)62)36(68)49-20(5)33(65)54-26(17-59)38(70)50-22(9-7-11-48-43(46)47)35(67)53-25(42(74)75)15-30(63)64/h18-27,31-32,58-59H,6-17,44H2,1-5H3,(H2,45,60)(H,49,68)(H,50,70)(H,51,71)(H,52,72)(H,53,67)(H,54,65)(H,55,66)(H,56,69)(H,61,62)(H,63,64)(H,74,75)(H4,46,47,48)/t19-,20-,21-,22-,23-,24-,25-,26-,27-,31-,32-/m0/s1. The molecular formula is C43H72N14O18. The number of carbonyl (C=O) groups is 13. The van der Waals surface area contributed by atoms with Crippen LogP contribution in [0.4, 0.5) is 0 Å². The van der Waals surface area contributed by atoms with Gasteiger partial charge in [-0.2, -0.15) is 0 Å². The Labute approximate surface area is 430 Å². The number of aliphatic hydroxyl groups is 2. The van der Waals surface area contributed by atoms with E-state index < -0.39 is 182 Å². The molecule has 0 aromatic rings. The van der Waals surface area contributed by atoms with Gasteiger partial charge in [-0.15, -0.1) is 0 Å². The predicted molar refractivity (Wildman–Crippen MR) is 258 cm³/mol. The van der Waals surface area contributed by atoms with Crippen molar-refractivity contribution in [2.75, 3.05) is 26.3 Å². The molecule has 0 aromatic heterocycles. The van der Waals surface area contributed by atoms with Crippen molar-refractivity contribution in [3.05, 3.63) is 0 Å². The number of nitrogens with one attached hydrogen (secondary N) is 8. The molecule has 32 heteroatoms. The van der Waals surface area contributed by atoms with E-state index in [0.29, 0.717) is 0 Å². The number of likely N-dealkylation sites (tertiary alicyclic amines) is 1. The van der Waals surface area contributed by atoms with Crippen LogP contribution in [0.25, 0.3) is 0 Å². The Morgan fingerprint density at radius 2 is 1.11 bits per heavy atom. The van der Waals surface area contributed by atoms with Crippen molar-refractivity contribution in [2.24, 2.45) is 39.8 Å². The summed E-state index contributed by atoms with van der Waals surface area (Å²) in [5, 5.41) is 65.5. The Bertz CT molecular complexity index is 2120. The molecule has 0 unspecified atom stereocenters. The average molecular weight is 1070 g/mol. The van der Waals surface area contributed by atoms with Crippen molar-refractivity contribution in [2.45, 2.75) is 146 Å². The van der Waals surface area contributed by atoms with E-state index >= 15 is 0 Å². The number of hydrogen-bond donors (Lipinski definition) is 17. The average Bonchev–Trinajstić information content (AvgIpc) is 3.83. The molecule has 10 amide bonds. The number of aliphatic hydroxyl groups excluding tert-OH is 2. The summed E-state index contributed by atoms with van der Waals surface area (Å²) in [7, 11) is 0. The number of primary amides is 1. The first-order valence-electron chi connectivity index (χ1n) is 23.7. The molecule has 11 atom stereocenters. The summed E-state index contributed by atoms with van der Waals surface area (Å²) in [4.78, 5) is 172. The normalized spacial score (nSPS) is 17.0. The van der Waals surface area contributed by atoms with Crippen LogP contribution in [0, 0.1) is 11.8 Å². The predicted octanol–water partition coefficient (Wildman–Crippen LogP) is -8.15. The number of hydrogen-bond acceptors (Lipinski definition) is 17. The van der Waals surface area contributed by atoms with Crippen LogP contribution < -0.4 is 65.5 Å². The van der Waals surface area contributed by atoms with E-state index in [1.165, 1.54) is 0 Å². The summed E-state index contributed by atoms with van der Waals surface area (Å²) < 4.78 is 0. The van der Waals surface area contributed by atoms with E-state index in [1.807, 2.05) is 5.32 Å². The van der Waals surface area contributed by atoms with Crippen LogP contribution in [0.15, 0.2) is 4.99 Å². The molecule has 0 spiro atoms. The Balaban J connectivity index is 3.28. The first kappa shape index (κ1) is 65.3. The minimum absolute atomic E-state index is 0.00332. The number of nitrogens with zero attached hydrogens (tertiary/aromatic N) is 2. The molecule has 1 heterocycles. The second-order valence-corrected chi connectivity index (χ2v) is 18.0. The summed E-state index contributed by atoms with van der Waals surface area (Å²) in [5.74, 6) is -16.9. The SMILES string of the molecule is CC[C@H](C)[C@H](NC(=O)[C@H](CC(N)=O)NC(=O)[C@@H](NC(=O)[C@@H](N)CO)C(C)C)C(=O)N1CCC[C@H]1C(=O)N[C@@H](CC(=O)O)C(=O)N[C@@H](C)C(=O)N[C@@H](CO)C(=O)N[C@@H](CCCN=C(N)N)C(=O)N[C@@H](CC(=O)O)C(=O)O. The molecule has 0 aliphatic carbocycles. The van der Waals surface area contributed by atoms with Gasteiger partial charge in [-0.1, -0.05) is 34.1 Å². The number of amides is 10. The Morgan fingerprint density at radius 1 is 0.600 bits per heavy atom. The zero-order valence-electron chi connectivity index (χ0n) is 42.2. The van der Waals surface area contributed by atoms with Crippen LogP contribution in [0.2, 0.25) is 0 Å². The van der Waals surface area contributed by atoms with Gasteiger partial charge in [0.1, 0.15) is 60.4 Å². The van der Waals surface area contributed by atoms with Crippen molar-refractivity contribution in [1.29, 1.82) is 0 Å². The maximum absolute atomic E-state index is 14.3. The Hall–Kier alpha value is -7.74. The highest BCUT2D eigenvalue weighted by Gasteiger charge is 2.42. The van der Waals surface area contributed by atoms with Gasteiger partial charge in [-0.25, -0.2) is 4.79 Å². The second-order valence-electron chi connectivity index (χ2n) is 18.0. The molecular weight excluding hydrogens is 1000 g/mol. The molecule has 0 bridgehead atoms. The summed E-state index contributed by atoms with van der Waals surface area (Å²) in [6.07, 6.45) is -2.62. The lowest BCUT2D eigenvalue weighted by Crippen LogP contribution is -2.61. The molecule has 1 aliphatic heterocycles. The molecule has 1 rings (SSSR count). The fourth-order valence-corrected chi connectivity index (χ4v) is 7.18. The first-order chi connectivity index (χ1) is 35.0. The van der Waals surface area contributed by atoms with Gasteiger partial charge in [-0.3, -0.25) is 62.5 Å². The summed E-state index contributed by atoms with van der Waals surface area (Å²) in [5.41, 5.74) is 21.6. The third-order valence-electron chi connectivity index (χ3n) is 11.6. The van der Waals surface area contributed by atoms with E-state index in [9.17, 15) is 82.8 Å². The molecule has 0 saturated carbocycles. The fourth-order valence-electron chi connectivity index (χ4n) is 7.18. The van der Waals surface area contributed by atoms with E-state index in [4.69, 9.17) is 28.0 Å². The number of carboxylic acid groups (broad SMARTS) is 3. The van der Waals surface area contributed by atoms with Crippen molar-refractivity contribution in [3.63, 3.8) is 0 Å². The van der Waals surface area contributed by atoms with E-state index in [2.05, 4.69) is 42.2 Å². The lowest BCUT2D eigenvalue weighted by molar-refractivity contribution is -0.147. The molecule has 422 valence electrons. The highest BCUT2D eigenvalue weighted by Crippen LogP contribution is 2.22. The third-order valence-corrected chi connectivity index (χ3v) is 11.6. The Kier molecular flexibility index (Phi) is 27.6. The van der Waals surface area contributed by atoms with E-state index in [1.54, 1.807) is 27.7 Å². The van der Waals surface area contributed by atoms with Gasteiger partial charge in [0.05, 0.1) is 32.5 Å². The minimum atomic E-state index is -1.92. The van der Waals surface area contributed by atoms with Gasteiger partial charge in [0.2, 0.25) is 59.1 Å². The molecule has 0 radical (unpaired) electrons. The molecule has 1 fully saturated rings. The molecule has 0 aromatic carbocycles. The van der Waals surface area contributed by atoms with Crippen LogP contribution >= 0.6 is 0 Å². The van der Waals surface area contributed by atoms with Gasteiger partial charge in [0, 0.05) is 13.1 Å². The second kappa shape index (κ2) is 31.8. The van der Waals surface area contributed by atoms with Gasteiger partial charge in [0.15, 0.2) is 5.96 Å². The van der Waals surface area contributed by atoms with Crippen molar-refractivity contribution in [3.8, 4) is 0 Å². The molecule has 32 nitrogen and oxygen atoms in total. The van der Waals surface area contributed by atoms with Gasteiger partial charge in [0.25, 0.3) is 0 Å². The lowest BCUT2D eigenvalue weighted by Gasteiger charge is -2.33. The smallest absolute Gasteiger partial charge is 0.326 e. The number of guanidine groups is 1. The number of aliphatic carboxylic acids is 3. The zero-order chi connectivity index (χ0) is 57.4. The summed E-state index contributed by atoms with van der Waals surface area (Å²) in [6, 6.07) is -16.0. The van der Waals surface area contributed by atoms with Gasteiger partial charge in [-0.05, 0) is 44.4 Å². The van der Waals surface area contributed by atoms with E-state index in [0.717, 1.165) is 11.8 Å². The number of rotatable bonds is 33. The van der Waals surface area contributed by atoms with Crippen LogP contribution in [0.3, 0.4) is 0 Å². The third kappa shape index (κ3) is 22.1. The van der Waals surface area contributed by atoms with Crippen LogP contribution in [-0.4, -0.2) is 200 Å². The largest absolute Gasteiger partial charge is 0.481 e. The molecule has 75 heavy (non-hydrogen) atoms. The maximum Gasteiger partial charge on any atom is 0.326 e. The minimum Gasteiger partial charge on any atom is -0.481 e. The highest BCUT2D eigenvalue weighted by atomic mass is 16.4. The van der Waals surface area contributed by atoms with Crippen LogP contribution in [0.5, 0.6) is 0 Å². The van der Waals surface area contributed by atoms with Crippen molar-refractivity contribution >= 4 is 82.9 Å². The topological polar surface area (TPSA) is 539 Å². The van der Waals surface area contributed by atoms with E-state index in [-0.39, 0.29) is 51.2 Å². The fraction of sp³-hybridized carbons (Fsp3) is 0.674. The zero-order valence-corrected chi connectivity index (χ0v) is 42.2. The Morgan fingerprint density at radius 3 is 1.63 bits per heavy atom. The van der Waals surface area contributed by atoms with Crippen molar-refractivity contribution in [1.82, 2.24) is 47.4 Å². The summed E-state index contributed by atoms with van der Waals surface area (Å²) in [6.45, 7) is 5.48. The monoisotopic (exact) mass is 1070 g/mol. The van der Waals surface area contributed by atoms with Crippen molar-refractivity contribution < 1.29 is 87.9 Å². The van der Waals surface area contributed by atoms with Crippen LogP contribution in [-0.2, 0) is 62.3 Å². The van der Waals surface area contributed by atoms with Gasteiger partial charge >= 0.3 is 17.9 Å². The number of carbonyl (C=O) groups excluding carboxylic acids is 10. The number of carboxylic acids is 3. The lowest BCUT2D eigenvalue weighted by atomic mass is 9.96. The molecule has 1 saturated heterocycles. The molecule has 21 N–H and O–H groups in total. The first-order valence-corrected chi connectivity index (χ1v) is 23.7. The number of aliphatic imine (C=N–C) groups is 1. The van der Waals surface area contributed by atoms with Gasteiger partial charge < -0.3 is 95.9 Å². The highest BCUT2D eigenvalue weighted by molar-refractivity contribution is 6.00. The quantitative estimate of drug-likeness (QED) is 0.0165. The maximum atomic E-state index is 14.3. The number of nitrogens with two attached hydrogens (primary N) is 4. The molecule has 1 aliphatic rings. The van der Waals surface area contributed by atoms with Crippen LogP contribution in [0.1, 0.15) is 86.0 Å². The summed E-state index contributed by atoms with van der Waals surface area (Å²) >= 11 is 0.